The molecule has 1 N–H and O–H groups in total. The molecule has 0 unspecified atom stereocenters. The number of carbonyl (C=O) groups excluding carboxylic acids is 1. The van der Waals surface area contributed by atoms with Crippen molar-refractivity contribution in [2.24, 2.45) is 0 Å². The van der Waals surface area contributed by atoms with Gasteiger partial charge in [0.2, 0.25) is 5.78 Å². The first kappa shape index (κ1) is 20.9. The van der Waals surface area contributed by atoms with E-state index in [0.29, 0.717) is 45.8 Å². The van der Waals surface area contributed by atoms with Crippen LogP contribution in [-0.2, 0) is 13.2 Å². The van der Waals surface area contributed by atoms with Gasteiger partial charge in [0.15, 0.2) is 0 Å². The summed E-state index contributed by atoms with van der Waals surface area (Å²) < 4.78 is 12.3. The number of fused-ring (bicyclic) bond motifs is 2. The van der Waals surface area contributed by atoms with Crippen LogP contribution in [0.25, 0.3) is 22.2 Å². The lowest BCUT2D eigenvalue weighted by Gasteiger charge is -2.24. The third-order valence-corrected chi connectivity index (χ3v) is 6.08. The summed E-state index contributed by atoms with van der Waals surface area (Å²) in [7, 11) is 0. The minimum absolute atomic E-state index is 0.117. The van der Waals surface area contributed by atoms with Crippen LogP contribution in [0.3, 0.4) is 0 Å². The molecule has 0 aliphatic heterocycles. The van der Waals surface area contributed by atoms with Crippen molar-refractivity contribution in [3.05, 3.63) is 114 Å². The normalized spacial score (nSPS) is 11.8. The molecule has 6 nitrogen and oxygen atoms in total. The lowest BCUT2D eigenvalue weighted by molar-refractivity contribution is 0.103. The highest BCUT2D eigenvalue weighted by atomic mass is 16.5. The fraction of sp³-hybridized carbons (Fsp3) is 0.0690. The number of aromatic nitrogens is 2. The summed E-state index contributed by atoms with van der Waals surface area (Å²) in [6.07, 6.45) is 1.45. The number of ketones is 1. The molecule has 35 heavy (non-hydrogen) atoms. The van der Waals surface area contributed by atoms with E-state index in [1.165, 1.54) is 12.4 Å². The number of aromatic hydroxyl groups is 1. The summed E-state index contributed by atoms with van der Waals surface area (Å²) in [6.45, 7) is 0.615. The van der Waals surface area contributed by atoms with E-state index in [1.54, 1.807) is 18.2 Å². The van der Waals surface area contributed by atoms with Crippen LogP contribution in [0.4, 0.5) is 0 Å². The van der Waals surface area contributed by atoms with Crippen LogP contribution >= 0.6 is 0 Å². The van der Waals surface area contributed by atoms with Crippen LogP contribution in [0.1, 0.15) is 27.0 Å². The summed E-state index contributed by atoms with van der Waals surface area (Å²) in [5, 5.41) is 11.1. The zero-order valence-electron chi connectivity index (χ0n) is 18.6. The van der Waals surface area contributed by atoms with Gasteiger partial charge in [0.25, 0.3) is 0 Å². The number of rotatable bonds is 6. The van der Waals surface area contributed by atoms with Crippen LogP contribution in [0.5, 0.6) is 17.2 Å². The van der Waals surface area contributed by atoms with Crippen molar-refractivity contribution in [1.82, 2.24) is 9.97 Å². The van der Waals surface area contributed by atoms with Gasteiger partial charge in [-0.25, -0.2) is 9.97 Å². The highest BCUT2D eigenvalue weighted by Crippen LogP contribution is 2.48. The quantitative estimate of drug-likeness (QED) is 0.343. The van der Waals surface area contributed by atoms with E-state index >= 15 is 0 Å². The second-order valence-corrected chi connectivity index (χ2v) is 8.27. The van der Waals surface area contributed by atoms with E-state index in [2.05, 4.69) is 9.97 Å². The number of hydrogen-bond acceptors (Lipinski definition) is 6. The Labute approximate surface area is 201 Å². The Balaban J connectivity index is 1.51. The van der Waals surface area contributed by atoms with Gasteiger partial charge < -0.3 is 14.6 Å². The molecule has 6 rings (SSSR count). The van der Waals surface area contributed by atoms with Gasteiger partial charge in [-0.1, -0.05) is 60.7 Å². The molecular weight excluding hydrogens is 440 g/mol. The molecule has 5 aromatic rings. The molecule has 0 saturated heterocycles. The lowest BCUT2D eigenvalue weighted by atomic mass is 9.85. The molecule has 4 aromatic carbocycles. The molecule has 0 atom stereocenters. The van der Waals surface area contributed by atoms with Gasteiger partial charge >= 0.3 is 0 Å². The van der Waals surface area contributed by atoms with Crippen LogP contribution in [-0.4, -0.2) is 20.9 Å². The second-order valence-electron chi connectivity index (χ2n) is 8.27. The smallest absolute Gasteiger partial charge is 0.202 e. The standard InChI is InChI=1S/C29H20N2O4/c32-21-12-11-20-24-25(21)29(33)27-23(35-16-19-9-5-2-6-10-19)14-13-22(26(27)28(24)31-17-30-20)34-15-18-7-3-1-4-8-18/h1-14,17,32H,15-16H2. The van der Waals surface area contributed by atoms with Crippen LogP contribution in [0.15, 0.2) is 91.3 Å². The summed E-state index contributed by atoms with van der Waals surface area (Å²) >= 11 is 0. The summed E-state index contributed by atoms with van der Waals surface area (Å²) in [4.78, 5) is 22.7. The minimum Gasteiger partial charge on any atom is -0.507 e. The Morgan fingerprint density at radius 1 is 0.657 bits per heavy atom. The first-order valence-corrected chi connectivity index (χ1v) is 11.2. The third kappa shape index (κ3) is 3.65. The Morgan fingerprint density at radius 3 is 1.89 bits per heavy atom. The number of hydrogen-bond donors (Lipinski definition) is 1. The van der Waals surface area contributed by atoms with E-state index in [4.69, 9.17) is 9.47 Å². The van der Waals surface area contributed by atoms with Crippen molar-refractivity contribution in [1.29, 1.82) is 0 Å². The van der Waals surface area contributed by atoms with Gasteiger partial charge in [0.1, 0.15) is 36.8 Å². The predicted molar refractivity (Wildman–Crippen MR) is 132 cm³/mol. The highest BCUT2D eigenvalue weighted by molar-refractivity contribution is 6.27. The molecule has 1 aliphatic carbocycles. The first-order valence-electron chi connectivity index (χ1n) is 11.2. The molecule has 6 heteroatoms. The van der Waals surface area contributed by atoms with Crippen LogP contribution in [0, 0.1) is 0 Å². The van der Waals surface area contributed by atoms with E-state index in [-0.39, 0.29) is 23.7 Å². The van der Waals surface area contributed by atoms with Crippen LogP contribution < -0.4 is 9.47 Å². The maximum Gasteiger partial charge on any atom is 0.202 e. The zero-order valence-corrected chi connectivity index (χ0v) is 18.6. The van der Waals surface area contributed by atoms with Crippen molar-refractivity contribution in [3.63, 3.8) is 0 Å². The molecule has 1 aliphatic rings. The number of phenols is 1. The molecule has 0 amide bonds. The topological polar surface area (TPSA) is 81.5 Å². The van der Waals surface area contributed by atoms with E-state index in [0.717, 1.165) is 11.1 Å². The number of carbonyl (C=O) groups is 1. The zero-order chi connectivity index (χ0) is 23.8. The fourth-order valence-electron chi connectivity index (χ4n) is 4.42. The third-order valence-electron chi connectivity index (χ3n) is 6.08. The SMILES string of the molecule is O=C1c2c(OCc3ccccc3)ccc(OCc3ccccc3)c2-c2ncnc3ccc(O)c1c23. The maximum absolute atomic E-state index is 13.8. The van der Waals surface area contributed by atoms with Gasteiger partial charge in [-0.05, 0) is 35.4 Å². The molecule has 0 fully saturated rings. The molecule has 1 aromatic heterocycles. The molecule has 1 heterocycles. The number of nitrogens with zero attached hydrogens (tertiary/aromatic N) is 2. The Kier molecular flexibility index (Phi) is 5.11. The van der Waals surface area contributed by atoms with E-state index < -0.39 is 0 Å². The molecule has 0 bridgehead atoms. The van der Waals surface area contributed by atoms with E-state index in [9.17, 15) is 9.90 Å². The molecule has 0 spiro atoms. The number of benzene rings is 4. The van der Waals surface area contributed by atoms with Gasteiger partial charge in [-0.3, -0.25) is 4.79 Å². The Morgan fingerprint density at radius 2 is 1.26 bits per heavy atom. The number of phenolic OH excluding ortho intramolecular Hbond substituents is 1. The maximum atomic E-state index is 13.8. The molecule has 0 saturated carbocycles. The van der Waals surface area contributed by atoms with Gasteiger partial charge in [-0.2, -0.15) is 0 Å². The van der Waals surface area contributed by atoms with Crippen molar-refractivity contribution in [3.8, 4) is 28.5 Å². The summed E-state index contributed by atoms with van der Waals surface area (Å²) in [5.41, 5.74) is 4.12. The van der Waals surface area contributed by atoms with E-state index in [1.807, 2.05) is 60.7 Å². The van der Waals surface area contributed by atoms with Crippen molar-refractivity contribution >= 4 is 16.7 Å². The second kappa shape index (κ2) is 8.57. The molecule has 0 radical (unpaired) electrons. The van der Waals surface area contributed by atoms with Crippen molar-refractivity contribution in [2.75, 3.05) is 0 Å². The average molecular weight is 460 g/mol. The largest absolute Gasteiger partial charge is 0.507 e. The Hall–Kier alpha value is -4.71. The van der Waals surface area contributed by atoms with Gasteiger partial charge in [0.05, 0.1) is 27.9 Å². The lowest BCUT2D eigenvalue weighted by Crippen LogP contribution is -2.15. The first-order chi connectivity index (χ1) is 17.2. The predicted octanol–water partition coefficient (Wildman–Crippen LogP) is 5.70. The van der Waals surface area contributed by atoms with Gasteiger partial charge in [-0.15, -0.1) is 0 Å². The molecular formula is C29H20N2O4. The highest BCUT2D eigenvalue weighted by Gasteiger charge is 2.34. The van der Waals surface area contributed by atoms with Crippen molar-refractivity contribution < 1.29 is 19.4 Å². The average Bonchev–Trinajstić information content (AvgIpc) is 2.91. The minimum atomic E-state index is -0.348. The molecule has 170 valence electrons. The summed E-state index contributed by atoms with van der Waals surface area (Å²) in [5.74, 6) is 0.451. The monoisotopic (exact) mass is 460 g/mol. The number of ether oxygens (including phenoxy) is 2. The fourth-order valence-corrected chi connectivity index (χ4v) is 4.42. The Bertz CT molecular complexity index is 1570. The van der Waals surface area contributed by atoms with Crippen LogP contribution in [0.2, 0.25) is 0 Å². The van der Waals surface area contributed by atoms with Crippen molar-refractivity contribution in [2.45, 2.75) is 13.2 Å². The summed E-state index contributed by atoms with van der Waals surface area (Å²) in [6, 6.07) is 26.2. The van der Waals surface area contributed by atoms with Gasteiger partial charge in [0, 0.05) is 5.39 Å².